The molecule has 1 atom stereocenters. The Bertz CT molecular complexity index is 1270. The lowest BCUT2D eigenvalue weighted by Crippen LogP contribution is -2.31. The van der Waals surface area contributed by atoms with E-state index in [2.05, 4.69) is 4.98 Å². The van der Waals surface area contributed by atoms with Gasteiger partial charge in [0, 0.05) is 36.1 Å². The standard InChI is InChI=1S/C25H22ClN3O5/c26-18-4-1-3-16(13-18)22-21(23(30)17-5-6-19-20(14-17)34-12-11-33-19)24(31)25(32)29(22)9-2-8-28-10-7-27-15-28/h1,3-7,10,13-15,22,30H,2,8-9,11-12H2/p-1. The summed E-state index contributed by atoms with van der Waals surface area (Å²) in [7, 11) is 0. The van der Waals surface area contributed by atoms with Gasteiger partial charge in [-0.1, -0.05) is 35.6 Å². The van der Waals surface area contributed by atoms with Crippen LogP contribution in [0, 0.1) is 0 Å². The molecule has 1 fully saturated rings. The molecule has 2 aliphatic heterocycles. The molecular formula is C25H21ClN3O5-. The van der Waals surface area contributed by atoms with Crippen molar-refractivity contribution in [1.29, 1.82) is 0 Å². The monoisotopic (exact) mass is 478 g/mol. The molecule has 2 aromatic carbocycles. The van der Waals surface area contributed by atoms with Gasteiger partial charge in [0.2, 0.25) is 5.78 Å². The number of likely N-dealkylation sites (tertiary alicyclic amines) is 1. The molecule has 5 rings (SSSR count). The van der Waals surface area contributed by atoms with Crippen LogP contribution in [0.25, 0.3) is 5.76 Å². The summed E-state index contributed by atoms with van der Waals surface area (Å²) in [4.78, 5) is 31.6. The summed E-state index contributed by atoms with van der Waals surface area (Å²) in [6, 6.07) is 10.8. The lowest BCUT2D eigenvalue weighted by atomic mass is 9.95. The van der Waals surface area contributed by atoms with Crippen molar-refractivity contribution >= 4 is 29.1 Å². The van der Waals surface area contributed by atoms with Crippen LogP contribution in [0.15, 0.2) is 66.8 Å². The zero-order chi connectivity index (χ0) is 23.7. The van der Waals surface area contributed by atoms with Crippen molar-refractivity contribution in [3.05, 3.63) is 82.9 Å². The van der Waals surface area contributed by atoms with Gasteiger partial charge in [0.05, 0.1) is 12.4 Å². The zero-order valence-corrected chi connectivity index (χ0v) is 18.9. The first-order valence-corrected chi connectivity index (χ1v) is 11.3. The number of aromatic nitrogens is 2. The molecule has 0 spiro atoms. The third-order valence-corrected chi connectivity index (χ3v) is 6.11. The molecule has 0 N–H and O–H groups in total. The van der Waals surface area contributed by atoms with Crippen LogP contribution in [0.2, 0.25) is 5.02 Å². The van der Waals surface area contributed by atoms with Crippen molar-refractivity contribution in [1.82, 2.24) is 14.5 Å². The Labute approximate surface area is 201 Å². The van der Waals surface area contributed by atoms with Crippen LogP contribution in [0.4, 0.5) is 0 Å². The third kappa shape index (κ3) is 4.12. The molecule has 1 unspecified atom stereocenters. The molecule has 3 aromatic rings. The van der Waals surface area contributed by atoms with E-state index in [-0.39, 0.29) is 17.7 Å². The zero-order valence-electron chi connectivity index (χ0n) is 18.1. The number of halogens is 1. The first-order chi connectivity index (χ1) is 16.5. The molecular weight excluding hydrogens is 458 g/mol. The highest BCUT2D eigenvalue weighted by molar-refractivity contribution is 6.46. The maximum atomic E-state index is 13.6. The SMILES string of the molecule is O=C1C(=O)N(CCCn2ccnc2)C(c2cccc(Cl)c2)C1=C([O-])c1ccc2c(c1)OCCO2. The van der Waals surface area contributed by atoms with E-state index in [1.165, 1.54) is 4.90 Å². The second-order valence-electron chi connectivity index (χ2n) is 8.04. The molecule has 0 bridgehead atoms. The molecule has 1 amide bonds. The van der Waals surface area contributed by atoms with E-state index < -0.39 is 23.5 Å². The number of rotatable bonds is 6. The number of hydrogen-bond donors (Lipinski definition) is 0. The number of carbonyl (C=O) groups is 2. The fourth-order valence-electron chi connectivity index (χ4n) is 4.31. The van der Waals surface area contributed by atoms with E-state index in [0.717, 1.165) is 0 Å². The average molecular weight is 479 g/mol. The lowest BCUT2D eigenvalue weighted by Gasteiger charge is -2.28. The number of hydrogen-bond acceptors (Lipinski definition) is 6. The van der Waals surface area contributed by atoms with Gasteiger partial charge >= 0.3 is 0 Å². The van der Waals surface area contributed by atoms with Crippen LogP contribution in [-0.4, -0.2) is 45.9 Å². The third-order valence-electron chi connectivity index (χ3n) is 5.87. The number of fused-ring (bicyclic) bond motifs is 1. The summed E-state index contributed by atoms with van der Waals surface area (Å²) < 4.78 is 13.0. The fourth-order valence-corrected chi connectivity index (χ4v) is 4.51. The molecule has 1 saturated heterocycles. The van der Waals surface area contributed by atoms with Gasteiger partial charge in [0.1, 0.15) is 13.2 Å². The van der Waals surface area contributed by atoms with E-state index in [1.807, 2.05) is 10.8 Å². The van der Waals surface area contributed by atoms with Gasteiger partial charge < -0.3 is 24.0 Å². The number of ether oxygens (including phenoxy) is 2. The number of imidazole rings is 1. The molecule has 8 nitrogen and oxygen atoms in total. The first-order valence-electron chi connectivity index (χ1n) is 10.9. The summed E-state index contributed by atoms with van der Waals surface area (Å²) >= 11 is 6.22. The minimum atomic E-state index is -0.831. The largest absolute Gasteiger partial charge is 0.872 e. The Morgan fingerprint density at radius 2 is 1.91 bits per heavy atom. The normalized spacial score (nSPS) is 19.0. The number of Topliss-reactive ketones (excluding diaryl/α,β-unsaturated/α-hetero) is 1. The van der Waals surface area contributed by atoms with Gasteiger partial charge in [0.25, 0.3) is 5.91 Å². The Morgan fingerprint density at radius 1 is 1.09 bits per heavy atom. The van der Waals surface area contributed by atoms with Crippen molar-refractivity contribution in [2.45, 2.75) is 19.0 Å². The average Bonchev–Trinajstić information content (AvgIpc) is 3.45. The number of amides is 1. The van der Waals surface area contributed by atoms with Crippen LogP contribution in [0.3, 0.4) is 0 Å². The van der Waals surface area contributed by atoms with Crippen LogP contribution < -0.4 is 14.6 Å². The molecule has 0 aliphatic carbocycles. The Kier molecular flexibility index (Phi) is 5.98. The highest BCUT2D eigenvalue weighted by atomic mass is 35.5. The summed E-state index contributed by atoms with van der Waals surface area (Å²) in [5.41, 5.74) is 0.773. The fraction of sp³-hybridized carbons (Fsp3) is 0.240. The maximum absolute atomic E-state index is 13.6. The molecule has 2 aliphatic rings. The maximum Gasteiger partial charge on any atom is 0.295 e. The smallest absolute Gasteiger partial charge is 0.295 e. The van der Waals surface area contributed by atoms with Gasteiger partial charge in [-0.2, -0.15) is 0 Å². The van der Waals surface area contributed by atoms with Crippen LogP contribution >= 0.6 is 11.6 Å². The van der Waals surface area contributed by atoms with Gasteiger partial charge in [-0.3, -0.25) is 9.59 Å². The van der Waals surface area contributed by atoms with Crippen LogP contribution in [0.1, 0.15) is 23.6 Å². The number of carbonyl (C=O) groups excluding carboxylic acids is 2. The van der Waals surface area contributed by atoms with Crippen molar-refractivity contribution in [2.24, 2.45) is 0 Å². The predicted octanol–water partition coefficient (Wildman–Crippen LogP) is 2.62. The summed E-state index contributed by atoms with van der Waals surface area (Å²) in [6.45, 7) is 1.70. The molecule has 34 heavy (non-hydrogen) atoms. The van der Waals surface area contributed by atoms with Gasteiger partial charge in [-0.05, 0) is 41.8 Å². The number of ketones is 1. The highest BCUT2D eigenvalue weighted by Gasteiger charge is 2.44. The number of nitrogens with zero attached hydrogens (tertiary/aromatic N) is 3. The summed E-state index contributed by atoms with van der Waals surface area (Å²) in [6.07, 6.45) is 5.78. The highest BCUT2D eigenvalue weighted by Crippen LogP contribution is 2.40. The van der Waals surface area contributed by atoms with E-state index in [0.29, 0.717) is 48.3 Å². The summed E-state index contributed by atoms with van der Waals surface area (Å²) in [5, 5.41) is 14.0. The molecule has 0 saturated carbocycles. The second kappa shape index (κ2) is 9.23. The first kappa shape index (κ1) is 22.0. The summed E-state index contributed by atoms with van der Waals surface area (Å²) in [5.74, 6) is -1.04. The van der Waals surface area contributed by atoms with Crippen LogP contribution in [-0.2, 0) is 16.1 Å². The lowest BCUT2D eigenvalue weighted by molar-refractivity contribution is -0.245. The molecule has 174 valence electrons. The Balaban J connectivity index is 1.54. The van der Waals surface area contributed by atoms with Gasteiger partial charge in [-0.15, -0.1) is 0 Å². The minimum absolute atomic E-state index is 0.0911. The van der Waals surface area contributed by atoms with Gasteiger partial charge in [0.15, 0.2) is 11.5 Å². The van der Waals surface area contributed by atoms with Crippen LogP contribution in [0.5, 0.6) is 11.5 Å². The number of benzene rings is 2. The molecule has 0 radical (unpaired) electrons. The molecule has 1 aromatic heterocycles. The Morgan fingerprint density at radius 3 is 2.68 bits per heavy atom. The quantitative estimate of drug-likeness (QED) is 0.307. The predicted molar refractivity (Wildman–Crippen MR) is 122 cm³/mol. The van der Waals surface area contributed by atoms with Crippen molar-refractivity contribution in [2.75, 3.05) is 19.8 Å². The van der Waals surface area contributed by atoms with Crippen molar-refractivity contribution in [3.63, 3.8) is 0 Å². The van der Waals surface area contributed by atoms with E-state index in [9.17, 15) is 14.7 Å². The molecule has 3 heterocycles. The number of aryl methyl sites for hydroxylation is 1. The van der Waals surface area contributed by atoms with E-state index in [1.54, 1.807) is 55.0 Å². The van der Waals surface area contributed by atoms with E-state index in [4.69, 9.17) is 21.1 Å². The van der Waals surface area contributed by atoms with Crippen molar-refractivity contribution < 1.29 is 24.2 Å². The van der Waals surface area contributed by atoms with E-state index >= 15 is 0 Å². The topological polar surface area (TPSA) is 96.7 Å². The van der Waals surface area contributed by atoms with Crippen molar-refractivity contribution in [3.8, 4) is 11.5 Å². The second-order valence-corrected chi connectivity index (χ2v) is 8.48. The minimum Gasteiger partial charge on any atom is -0.872 e. The Hall–Kier alpha value is -3.78. The van der Waals surface area contributed by atoms with Gasteiger partial charge in [-0.25, -0.2) is 4.98 Å². The molecule has 9 heteroatoms.